The van der Waals surface area contributed by atoms with Gasteiger partial charge in [-0.3, -0.25) is 0 Å². The summed E-state index contributed by atoms with van der Waals surface area (Å²) in [6.45, 7) is 11.8. The van der Waals surface area contributed by atoms with Crippen molar-refractivity contribution in [1.82, 2.24) is 0 Å². The lowest BCUT2D eigenvalue weighted by Gasteiger charge is -2.25. The van der Waals surface area contributed by atoms with Crippen LogP contribution in [0.5, 0.6) is 0 Å². The van der Waals surface area contributed by atoms with Gasteiger partial charge in [0.15, 0.2) is 0 Å². The van der Waals surface area contributed by atoms with Crippen LogP contribution < -0.4 is 14.7 Å². The van der Waals surface area contributed by atoms with Crippen molar-refractivity contribution in [3.63, 3.8) is 0 Å². The molecule has 7 aliphatic heterocycles. The molecule has 0 fully saturated rings. The highest BCUT2D eigenvalue weighted by Crippen LogP contribution is 2.38. The van der Waals surface area contributed by atoms with Crippen LogP contribution in [0, 0.1) is 127 Å². The minimum atomic E-state index is 0.891. The zero-order valence-corrected chi connectivity index (χ0v) is 55.8. The van der Waals surface area contributed by atoms with Crippen molar-refractivity contribution in [3.05, 3.63) is 373 Å². The molecular formula is C96H63N3. The quantitative estimate of drug-likeness (QED) is 0.163. The van der Waals surface area contributed by atoms with E-state index in [-0.39, 0.29) is 0 Å². The van der Waals surface area contributed by atoms with E-state index < -0.39 is 0 Å². The molecule has 19 rings (SSSR count). The summed E-state index contributed by atoms with van der Waals surface area (Å²) in [5.74, 6) is 59.8. The first-order valence-corrected chi connectivity index (χ1v) is 32.6. The first-order chi connectivity index (χ1) is 48.5. The maximum absolute atomic E-state index is 3.43. The second-order valence-corrected chi connectivity index (χ2v) is 23.8. The monoisotopic (exact) mass is 1260 g/mol. The molecule has 18 bridgehead atoms. The standard InChI is InChI=1S/C96H63N3/c1-7-10-73-25-43-88(44-26-73)97-91-49-31-76(32-50-91)13-19-82-61-70(4)63-84(67-82)21-15-78-35-53-93(54-36-78)98(89-45-27-74(11-8-2)28-46-89)95-57-39-80(40-58-95)17-23-86-65-72(6)66-87(69-86)24-18-81-41-59-96(60-42-81)99(90-47-29-75(12-9-3)30-48-90)94-55-37-79(38-56-94)16-22-85-64-71(5)62-83(68-85)20-14-77-33-51-92(97)52-34-77/h25-69H,1-6H3. The summed E-state index contributed by atoms with van der Waals surface area (Å²) in [7, 11) is 0. The average molecular weight is 1260 g/mol. The number of fused-ring (bicyclic) bond motifs is 6. The van der Waals surface area contributed by atoms with Gasteiger partial charge in [-0.05, 0) is 331 Å². The van der Waals surface area contributed by atoms with Crippen LogP contribution in [-0.2, 0) is 0 Å². The van der Waals surface area contributed by atoms with Crippen molar-refractivity contribution < 1.29 is 0 Å². The molecule has 0 amide bonds. The van der Waals surface area contributed by atoms with Gasteiger partial charge in [0.25, 0.3) is 0 Å². The summed E-state index contributed by atoms with van der Waals surface area (Å²) in [6.07, 6.45) is 0. The minimum absolute atomic E-state index is 0.891. The molecule has 12 aromatic carbocycles. The van der Waals surface area contributed by atoms with Crippen molar-refractivity contribution in [2.75, 3.05) is 14.7 Å². The van der Waals surface area contributed by atoms with Gasteiger partial charge in [-0.25, -0.2) is 0 Å². The second-order valence-electron chi connectivity index (χ2n) is 23.8. The van der Waals surface area contributed by atoms with Crippen molar-refractivity contribution in [2.24, 2.45) is 0 Å². The third kappa shape index (κ3) is 16.2. The number of rotatable bonds is 3. The Kier molecular flexibility index (Phi) is 19.3. The average Bonchev–Trinajstić information content (AvgIpc) is 0.831. The van der Waals surface area contributed by atoms with Crippen molar-refractivity contribution >= 4 is 51.2 Å². The van der Waals surface area contributed by atoms with Crippen LogP contribution in [0.4, 0.5) is 51.2 Å². The SMILES string of the molecule is CC#Cc1ccc(N2c3ccc(cc3)C#Cc3cc(C)cc(c3)C#Cc3ccc(cc3)N(c3ccc(C#CC)cc3)c3ccc(cc3)C#Cc3cc(C)cc(c3)C#Cc3ccc(cc3)N(c3ccc(C#CC)cc3)c3ccc(cc3)C#Cc3cc(C)cc(c3)C#Cc3ccc2cc3)cc1. The Morgan fingerprint density at radius 2 is 0.323 bits per heavy atom. The topological polar surface area (TPSA) is 9.72 Å². The van der Waals surface area contributed by atoms with E-state index in [2.05, 4.69) is 415 Å². The summed E-state index contributed by atoms with van der Waals surface area (Å²) in [5.41, 5.74) is 25.7. The van der Waals surface area contributed by atoms with Gasteiger partial charge in [0.2, 0.25) is 0 Å². The van der Waals surface area contributed by atoms with E-state index in [0.717, 1.165) is 151 Å². The Hall–Kier alpha value is -13.9. The fourth-order valence-corrected chi connectivity index (χ4v) is 11.7. The number of hydrogen-bond donors (Lipinski definition) is 0. The van der Waals surface area contributed by atoms with E-state index in [1.54, 1.807) is 0 Å². The van der Waals surface area contributed by atoms with Crippen LogP contribution in [0.15, 0.2) is 273 Å². The number of nitrogens with zero attached hydrogens (tertiary/aromatic N) is 3. The highest BCUT2D eigenvalue weighted by atomic mass is 15.2. The summed E-state index contributed by atoms with van der Waals surface area (Å²) in [4.78, 5) is 6.70. The lowest BCUT2D eigenvalue weighted by atomic mass is 10.1. The Labute approximate surface area is 583 Å². The Balaban J connectivity index is 0.853. The molecule has 0 radical (unpaired) electrons. The fraction of sp³-hybridized carbons (Fsp3) is 0.0625. The molecule has 0 saturated carbocycles. The summed E-state index contributed by atoms with van der Waals surface area (Å²) >= 11 is 0. The third-order valence-corrected chi connectivity index (χ3v) is 16.3. The molecular weight excluding hydrogens is 1200 g/mol. The highest BCUT2D eigenvalue weighted by molar-refractivity contribution is 5.81. The smallest absolute Gasteiger partial charge is 0.0462 e. The molecule has 12 aromatic rings. The Morgan fingerprint density at radius 3 is 0.475 bits per heavy atom. The second kappa shape index (κ2) is 30.0. The van der Waals surface area contributed by atoms with E-state index in [1.807, 2.05) is 20.8 Å². The van der Waals surface area contributed by atoms with Gasteiger partial charge in [-0.2, -0.15) is 0 Å². The molecule has 0 aliphatic carbocycles. The first kappa shape index (κ1) is 63.8. The maximum Gasteiger partial charge on any atom is 0.0462 e. The van der Waals surface area contributed by atoms with Gasteiger partial charge in [0.1, 0.15) is 0 Å². The van der Waals surface area contributed by atoms with Crippen molar-refractivity contribution in [3.8, 4) is 107 Å². The maximum atomic E-state index is 3.43. The van der Waals surface area contributed by atoms with Crippen molar-refractivity contribution in [1.29, 1.82) is 0 Å². The number of aryl methyl sites for hydroxylation is 3. The Bertz CT molecular complexity index is 4830. The van der Waals surface area contributed by atoms with Crippen LogP contribution in [0.1, 0.15) is 121 Å². The Morgan fingerprint density at radius 1 is 0.182 bits per heavy atom. The zero-order chi connectivity index (χ0) is 67.9. The van der Waals surface area contributed by atoms with Crippen LogP contribution >= 0.6 is 0 Å². The van der Waals surface area contributed by atoms with Gasteiger partial charge in [-0.15, -0.1) is 17.8 Å². The van der Waals surface area contributed by atoms with E-state index in [0.29, 0.717) is 0 Å². The molecule has 3 nitrogen and oxygen atoms in total. The molecule has 3 heteroatoms. The van der Waals surface area contributed by atoms with Gasteiger partial charge in [-0.1, -0.05) is 88.8 Å². The molecule has 0 saturated heterocycles. The van der Waals surface area contributed by atoms with E-state index in [1.165, 1.54) is 0 Å². The summed E-state index contributed by atoms with van der Waals surface area (Å²) in [6, 6.07) is 94.0. The molecule has 7 heterocycles. The van der Waals surface area contributed by atoms with Crippen LogP contribution in [0.25, 0.3) is 0 Å². The largest absolute Gasteiger partial charge is 0.311 e. The zero-order valence-electron chi connectivity index (χ0n) is 55.8. The molecule has 0 aromatic heterocycles. The highest BCUT2D eigenvalue weighted by Gasteiger charge is 2.17. The van der Waals surface area contributed by atoms with Gasteiger partial charge < -0.3 is 14.7 Å². The fourth-order valence-electron chi connectivity index (χ4n) is 11.7. The normalized spacial score (nSPS) is 11.0. The number of hydrogen-bond acceptors (Lipinski definition) is 3. The van der Waals surface area contributed by atoms with E-state index >= 15 is 0 Å². The molecule has 0 spiro atoms. The van der Waals surface area contributed by atoms with Crippen LogP contribution in [0.3, 0.4) is 0 Å². The molecule has 0 atom stereocenters. The molecule has 0 N–H and O–H groups in total. The van der Waals surface area contributed by atoms with E-state index in [9.17, 15) is 0 Å². The summed E-state index contributed by atoms with van der Waals surface area (Å²) in [5, 5.41) is 0. The van der Waals surface area contributed by atoms with Crippen LogP contribution in [0.2, 0.25) is 0 Å². The first-order valence-electron chi connectivity index (χ1n) is 32.6. The predicted molar refractivity (Wildman–Crippen MR) is 410 cm³/mol. The number of benzene rings is 12. The lowest BCUT2D eigenvalue weighted by Crippen LogP contribution is -2.10. The van der Waals surface area contributed by atoms with Crippen molar-refractivity contribution in [2.45, 2.75) is 41.5 Å². The minimum Gasteiger partial charge on any atom is -0.311 e. The van der Waals surface area contributed by atoms with Gasteiger partial charge >= 0.3 is 0 Å². The van der Waals surface area contributed by atoms with Gasteiger partial charge in [0.05, 0.1) is 0 Å². The van der Waals surface area contributed by atoms with Crippen LogP contribution in [-0.4, -0.2) is 0 Å². The van der Waals surface area contributed by atoms with E-state index in [4.69, 9.17) is 0 Å². The van der Waals surface area contributed by atoms with Gasteiger partial charge in [0, 0.05) is 135 Å². The molecule has 0 unspecified atom stereocenters. The summed E-state index contributed by atoms with van der Waals surface area (Å²) < 4.78 is 0. The third-order valence-electron chi connectivity index (χ3n) is 16.3. The molecule has 99 heavy (non-hydrogen) atoms. The number of anilines is 9. The molecule has 462 valence electrons. The lowest BCUT2D eigenvalue weighted by molar-refractivity contribution is 1.28. The predicted octanol–water partition coefficient (Wildman–Crippen LogP) is 20.8. The molecule has 7 aliphatic rings.